The number of carbonyl (C=O) groups excluding carboxylic acids is 1. The lowest BCUT2D eigenvalue weighted by Gasteiger charge is -2.21. The van der Waals surface area contributed by atoms with Crippen molar-refractivity contribution in [2.75, 3.05) is 24.9 Å². The van der Waals surface area contributed by atoms with E-state index in [2.05, 4.69) is 4.72 Å². The molecule has 0 aliphatic carbocycles. The molecular formula is C21H26N2O4S. The van der Waals surface area contributed by atoms with Gasteiger partial charge in [-0.25, -0.2) is 8.42 Å². The lowest BCUT2D eigenvalue weighted by molar-refractivity contribution is 0.0761. The Bertz CT molecular complexity index is 931. The Balaban J connectivity index is 1.91. The highest BCUT2D eigenvalue weighted by molar-refractivity contribution is 7.92. The SMILES string of the molecule is COc1ccc(C(=O)N2CCCCCC2)cc1S(=O)(=O)Nc1ccc(C)cc1. The van der Waals surface area contributed by atoms with E-state index in [0.717, 1.165) is 31.2 Å². The summed E-state index contributed by atoms with van der Waals surface area (Å²) in [4.78, 5) is 14.7. The number of aryl methyl sites for hydroxylation is 1. The van der Waals surface area contributed by atoms with Crippen LogP contribution in [0.3, 0.4) is 0 Å². The molecule has 28 heavy (non-hydrogen) atoms. The maximum absolute atomic E-state index is 13.0. The summed E-state index contributed by atoms with van der Waals surface area (Å²) in [5, 5.41) is 0. The third kappa shape index (κ3) is 4.65. The van der Waals surface area contributed by atoms with Crippen molar-refractivity contribution in [1.29, 1.82) is 0 Å². The molecule has 0 atom stereocenters. The number of hydrogen-bond acceptors (Lipinski definition) is 4. The molecular weight excluding hydrogens is 376 g/mol. The molecule has 2 aromatic carbocycles. The molecule has 7 heteroatoms. The van der Waals surface area contributed by atoms with Crippen molar-refractivity contribution in [3.8, 4) is 5.75 Å². The molecule has 0 bridgehead atoms. The molecule has 1 N–H and O–H groups in total. The van der Waals surface area contributed by atoms with E-state index in [-0.39, 0.29) is 16.6 Å². The van der Waals surface area contributed by atoms with Gasteiger partial charge in [0.1, 0.15) is 10.6 Å². The number of methoxy groups -OCH3 is 1. The first-order valence-electron chi connectivity index (χ1n) is 9.47. The number of sulfonamides is 1. The van der Waals surface area contributed by atoms with Crippen molar-refractivity contribution in [1.82, 2.24) is 4.90 Å². The minimum absolute atomic E-state index is 0.0451. The largest absolute Gasteiger partial charge is 0.495 e. The van der Waals surface area contributed by atoms with Crippen molar-refractivity contribution in [2.45, 2.75) is 37.5 Å². The summed E-state index contributed by atoms with van der Waals surface area (Å²) in [6.07, 6.45) is 4.18. The molecule has 1 aliphatic rings. The van der Waals surface area contributed by atoms with E-state index < -0.39 is 10.0 Å². The lowest BCUT2D eigenvalue weighted by Crippen LogP contribution is -2.32. The second kappa shape index (κ2) is 8.65. The van der Waals surface area contributed by atoms with Crippen LogP contribution in [-0.2, 0) is 10.0 Å². The van der Waals surface area contributed by atoms with Gasteiger partial charge in [0, 0.05) is 24.3 Å². The standard InChI is InChI=1S/C21H26N2O4S/c1-16-7-10-18(11-8-16)22-28(25,26)20-15-17(9-12-19(20)27-2)21(24)23-13-5-3-4-6-14-23/h7-12,15,22H,3-6,13-14H2,1-2H3. The average molecular weight is 403 g/mol. The number of nitrogens with zero attached hydrogens (tertiary/aromatic N) is 1. The highest BCUT2D eigenvalue weighted by Crippen LogP contribution is 2.28. The van der Waals surface area contributed by atoms with Gasteiger partial charge in [-0.3, -0.25) is 9.52 Å². The summed E-state index contributed by atoms with van der Waals surface area (Å²) in [6.45, 7) is 3.34. The topological polar surface area (TPSA) is 75.7 Å². The second-order valence-electron chi connectivity index (χ2n) is 7.04. The van der Waals surface area contributed by atoms with Gasteiger partial charge < -0.3 is 9.64 Å². The summed E-state index contributed by atoms with van der Waals surface area (Å²) in [6, 6.07) is 11.6. The Morgan fingerprint density at radius 3 is 2.25 bits per heavy atom. The van der Waals surface area contributed by atoms with Gasteiger partial charge in [-0.1, -0.05) is 30.5 Å². The molecule has 1 amide bonds. The number of hydrogen-bond donors (Lipinski definition) is 1. The molecule has 0 saturated carbocycles. The average Bonchev–Trinajstić information content (AvgIpc) is 2.98. The monoisotopic (exact) mass is 402 g/mol. The number of ether oxygens (including phenoxy) is 1. The highest BCUT2D eigenvalue weighted by Gasteiger charge is 2.24. The zero-order valence-electron chi connectivity index (χ0n) is 16.3. The van der Waals surface area contributed by atoms with Gasteiger partial charge in [0.05, 0.1) is 7.11 Å². The Kier molecular flexibility index (Phi) is 6.24. The number of amides is 1. The zero-order valence-corrected chi connectivity index (χ0v) is 17.1. The third-order valence-electron chi connectivity index (χ3n) is 4.90. The predicted molar refractivity (Wildman–Crippen MR) is 109 cm³/mol. The van der Waals surface area contributed by atoms with Crippen LogP contribution in [0.1, 0.15) is 41.6 Å². The molecule has 1 saturated heterocycles. The first-order chi connectivity index (χ1) is 13.4. The van der Waals surface area contributed by atoms with E-state index >= 15 is 0 Å². The van der Waals surface area contributed by atoms with Gasteiger partial charge in [-0.2, -0.15) is 0 Å². The lowest BCUT2D eigenvalue weighted by atomic mass is 10.2. The van der Waals surface area contributed by atoms with Crippen molar-refractivity contribution in [3.05, 3.63) is 53.6 Å². The first-order valence-corrected chi connectivity index (χ1v) is 11.0. The molecule has 2 aromatic rings. The Hall–Kier alpha value is -2.54. The van der Waals surface area contributed by atoms with Gasteiger partial charge in [-0.05, 0) is 50.1 Å². The van der Waals surface area contributed by atoms with Crippen molar-refractivity contribution in [2.24, 2.45) is 0 Å². The number of likely N-dealkylation sites (tertiary alicyclic amines) is 1. The van der Waals surface area contributed by atoms with Gasteiger partial charge in [-0.15, -0.1) is 0 Å². The molecule has 0 spiro atoms. The summed E-state index contributed by atoms with van der Waals surface area (Å²) in [7, 11) is -2.50. The van der Waals surface area contributed by atoms with Gasteiger partial charge in [0.25, 0.3) is 15.9 Å². The molecule has 3 rings (SSSR count). The van der Waals surface area contributed by atoms with E-state index in [1.807, 2.05) is 19.1 Å². The van der Waals surface area contributed by atoms with Crippen LogP contribution in [0.15, 0.2) is 47.4 Å². The minimum atomic E-state index is -3.91. The van der Waals surface area contributed by atoms with E-state index in [1.54, 1.807) is 23.1 Å². The van der Waals surface area contributed by atoms with E-state index in [0.29, 0.717) is 24.3 Å². The van der Waals surface area contributed by atoms with E-state index in [9.17, 15) is 13.2 Å². The fourth-order valence-electron chi connectivity index (χ4n) is 3.31. The van der Waals surface area contributed by atoms with Crippen molar-refractivity contribution in [3.63, 3.8) is 0 Å². The van der Waals surface area contributed by atoms with Crippen molar-refractivity contribution >= 4 is 21.6 Å². The number of nitrogens with one attached hydrogen (secondary N) is 1. The molecule has 6 nitrogen and oxygen atoms in total. The van der Waals surface area contributed by atoms with Crippen LogP contribution < -0.4 is 9.46 Å². The summed E-state index contributed by atoms with van der Waals surface area (Å²) >= 11 is 0. The van der Waals surface area contributed by atoms with Crippen LogP contribution in [-0.4, -0.2) is 39.4 Å². The van der Waals surface area contributed by atoms with Gasteiger partial charge in [0.2, 0.25) is 0 Å². The normalized spacial score (nSPS) is 15.0. The Morgan fingerprint density at radius 2 is 1.64 bits per heavy atom. The molecule has 0 unspecified atom stereocenters. The summed E-state index contributed by atoms with van der Waals surface area (Å²) < 4.78 is 33.7. The Morgan fingerprint density at radius 1 is 1.00 bits per heavy atom. The number of rotatable bonds is 5. The smallest absolute Gasteiger partial charge is 0.265 e. The predicted octanol–water partition coefficient (Wildman–Crippen LogP) is 3.82. The van der Waals surface area contributed by atoms with Crippen LogP contribution in [0.2, 0.25) is 0 Å². The van der Waals surface area contributed by atoms with Crippen molar-refractivity contribution < 1.29 is 17.9 Å². The fraction of sp³-hybridized carbons (Fsp3) is 0.381. The molecule has 0 radical (unpaired) electrons. The Labute approximate surface area is 166 Å². The van der Waals surface area contributed by atoms with Crippen LogP contribution in [0.5, 0.6) is 5.75 Å². The summed E-state index contributed by atoms with van der Waals surface area (Å²) in [5.41, 5.74) is 1.84. The molecule has 1 aliphatic heterocycles. The molecule has 1 fully saturated rings. The molecule has 0 aromatic heterocycles. The maximum atomic E-state index is 13.0. The quantitative estimate of drug-likeness (QED) is 0.825. The second-order valence-corrected chi connectivity index (χ2v) is 8.69. The third-order valence-corrected chi connectivity index (χ3v) is 6.30. The zero-order chi connectivity index (χ0) is 20.1. The molecule has 1 heterocycles. The van der Waals surface area contributed by atoms with Crippen LogP contribution in [0, 0.1) is 6.92 Å². The van der Waals surface area contributed by atoms with E-state index in [1.165, 1.54) is 19.2 Å². The van der Waals surface area contributed by atoms with Crippen LogP contribution in [0.25, 0.3) is 0 Å². The minimum Gasteiger partial charge on any atom is -0.495 e. The van der Waals surface area contributed by atoms with E-state index in [4.69, 9.17) is 4.74 Å². The van der Waals surface area contributed by atoms with Crippen LogP contribution in [0.4, 0.5) is 5.69 Å². The number of carbonyl (C=O) groups is 1. The maximum Gasteiger partial charge on any atom is 0.265 e. The number of anilines is 1. The van der Waals surface area contributed by atoms with Gasteiger partial charge >= 0.3 is 0 Å². The van der Waals surface area contributed by atoms with Gasteiger partial charge in [0.15, 0.2) is 0 Å². The van der Waals surface area contributed by atoms with Crippen LogP contribution >= 0.6 is 0 Å². The highest BCUT2D eigenvalue weighted by atomic mass is 32.2. The molecule has 150 valence electrons. The first kappa shape index (κ1) is 20.2. The number of benzene rings is 2. The summed E-state index contributed by atoms with van der Waals surface area (Å²) in [5.74, 6) is 0.0587. The fourth-order valence-corrected chi connectivity index (χ4v) is 4.56.